The Morgan fingerprint density at radius 1 is 0.941 bits per heavy atom. The summed E-state index contributed by atoms with van der Waals surface area (Å²) in [4.78, 5) is 21.5. The van der Waals surface area contributed by atoms with Gasteiger partial charge in [-0.3, -0.25) is 9.78 Å². The summed E-state index contributed by atoms with van der Waals surface area (Å²) in [6.07, 6.45) is 2.88. The van der Waals surface area contributed by atoms with Gasteiger partial charge < -0.3 is 9.80 Å². The number of carbonyl (C=O) groups excluding carboxylic acids is 1. The normalized spacial score (nSPS) is 20.0. The summed E-state index contributed by atoms with van der Waals surface area (Å²) >= 11 is 0. The average Bonchev–Trinajstić information content (AvgIpc) is 2.88. The van der Waals surface area contributed by atoms with Gasteiger partial charge in [0.15, 0.2) is 0 Å². The van der Waals surface area contributed by atoms with E-state index in [0.29, 0.717) is 56.8 Å². The highest BCUT2D eigenvalue weighted by Crippen LogP contribution is 2.29. The third-order valence-electron chi connectivity index (χ3n) is 6.73. The number of hydrogen-bond acceptors (Lipinski definition) is 5. The Labute approximate surface area is 198 Å². The minimum absolute atomic E-state index is 0.0240. The number of amides is 1. The molecule has 2 fully saturated rings. The molecule has 7 nitrogen and oxygen atoms in total. The van der Waals surface area contributed by atoms with E-state index in [1.54, 1.807) is 47.5 Å². The van der Waals surface area contributed by atoms with Gasteiger partial charge in [-0.1, -0.05) is 30.3 Å². The molecule has 2 aliphatic rings. The number of para-hydroxylation sites is 2. The summed E-state index contributed by atoms with van der Waals surface area (Å²) in [5, 5.41) is 0.765. The molecule has 1 atom stereocenters. The fourth-order valence-corrected chi connectivity index (χ4v) is 6.61. The fraction of sp³-hybridized carbons (Fsp3) is 0.360. The van der Waals surface area contributed by atoms with Crippen LogP contribution in [0.15, 0.2) is 65.7 Å². The van der Waals surface area contributed by atoms with Crippen molar-refractivity contribution in [3.63, 3.8) is 0 Å². The first-order valence-electron chi connectivity index (χ1n) is 11.6. The van der Waals surface area contributed by atoms with Crippen molar-refractivity contribution in [2.24, 2.45) is 5.92 Å². The molecule has 0 N–H and O–H groups in total. The lowest BCUT2D eigenvalue weighted by molar-refractivity contribution is -0.137. The van der Waals surface area contributed by atoms with Gasteiger partial charge in [-0.2, -0.15) is 4.31 Å². The number of benzene rings is 2. The van der Waals surface area contributed by atoms with Crippen molar-refractivity contribution in [1.29, 1.82) is 0 Å². The quantitative estimate of drug-likeness (QED) is 0.571. The number of nitrogens with zero attached hydrogens (tertiary/aromatic N) is 4. The Morgan fingerprint density at radius 2 is 1.71 bits per heavy atom. The smallest absolute Gasteiger partial charge is 0.245 e. The van der Waals surface area contributed by atoms with Crippen molar-refractivity contribution in [2.75, 3.05) is 44.2 Å². The van der Waals surface area contributed by atoms with Crippen LogP contribution in [0.25, 0.3) is 10.9 Å². The van der Waals surface area contributed by atoms with Crippen LogP contribution in [0.4, 0.5) is 10.1 Å². The number of piperidine rings is 1. The molecule has 2 aromatic carbocycles. The zero-order valence-corrected chi connectivity index (χ0v) is 19.6. The van der Waals surface area contributed by atoms with E-state index in [1.807, 2.05) is 17.0 Å². The topological polar surface area (TPSA) is 73.8 Å². The number of sulfonamides is 1. The van der Waals surface area contributed by atoms with Gasteiger partial charge in [0, 0.05) is 50.9 Å². The minimum atomic E-state index is -3.79. The van der Waals surface area contributed by atoms with Gasteiger partial charge in [-0.15, -0.1) is 0 Å². The lowest BCUT2D eigenvalue weighted by Gasteiger charge is -2.39. The van der Waals surface area contributed by atoms with Crippen molar-refractivity contribution in [3.8, 4) is 0 Å². The Bertz CT molecular complexity index is 1300. The van der Waals surface area contributed by atoms with Crippen LogP contribution in [0.5, 0.6) is 0 Å². The second-order valence-corrected chi connectivity index (χ2v) is 10.7. The molecular weight excluding hydrogens is 455 g/mol. The van der Waals surface area contributed by atoms with Crippen molar-refractivity contribution >= 4 is 32.5 Å². The van der Waals surface area contributed by atoms with Gasteiger partial charge in [-0.25, -0.2) is 12.8 Å². The van der Waals surface area contributed by atoms with E-state index in [9.17, 15) is 17.6 Å². The highest BCUT2D eigenvalue weighted by molar-refractivity contribution is 7.89. The number of hydrogen-bond donors (Lipinski definition) is 0. The maximum atomic E-state index is 14.1. The van der Waals surface area contributed by atoms with Crippen LogP contribution >= 0.6 is 0 Å². The fourth-order valence-electron chi connectivity index (χ4n) is 4.92. The Kier molecular flexibility index (Phi) is 6.22. The second kappa shape index (κ2) is 9.31. The van der Waals surface area contributed by atoms with Gasteiger partial charge in [0.2, 0.25) is 15.9 Å². The Hall–Kier alpha value is -3.04. The molecule has 34 heavy (non-hydrogen) atoms. The molecule has 0 radical (unpaired) electrons. The van der Waals surface area contributed by atoms with Gasteiger partial charge in [0.1, 0.15) is 10.7 Å². The SMILES string of the molecule is O=C([C@@H]1CCCN(S(=O)(=O)c2cccc3cccnc23)C1)N1CCN(c2ccccc2F)CC1. The van der Waals surface area contributed by atoms with E-state index < -0.39 is 10.0 Å². The molecule has 1 aromatic heterocycles. The number of piperazine rings is 1. The zero-order valence-electron chi connectivity index (χ0n) is 18.8. The standard InChI is InChI=1S/C25H27FN4O3S/c26-21-9-1-2-10-22(21)28-14-16-29(17-15-28)25(31)20-8-5-13-30(18-20)34(32,33)23-11-3-6-19-7-4-12-27-24(19)23/h1-4,6-7,9-12,20H,5,8,13-18H2/t20-/m1/s1. The van der Waals surface area contributed by atoms with E-state index in [0.717, 1.165) is 5.39 Å². The van der Waals surface area contributed by atoms with Crippen molar-refractivity contribution < 1.29 is 17.6 Å². The summed E-state index contributed by atoms with van der Waals surface area (Å²) in [6, 6.07) is 15.4. The molecule has 9 heteroatoms. The molecule has 178 valence electrons. The first-order valence-corrected chi connectivity index (χ1v) is 13.0. The van der Waals surface area contributed by atoms with Gasteiger partial charge in [-0.05, 0) is 37.1 Å². The molecule has 0 spiro atoms. The van der Waals surface area contributed by atoms with Crippen LogP contribution < -0.4 is 4.90 Å². The predicted molar refractivity (Wildman–Crippen MR) is 128 cm³/mol. The average molecular weight is 483 g/mol. The third-order valence-corrected chi connectivity index (χ3v) is 8.63. The number of anilines is 1. The highest BCUT2D eigenvalue weighted by atomic mass is 32.2. The van der Waals surface area contributed by atoms with E-state index in [1.165, 1.54) is 10.4 Å². The molecule has 3 aromatic rings. The number of carbonyl (C=O) groups is 1. The second-order valence-electron chi connectivity index (χ2n) is 8.80. The first-order chi connectivity index (χ1) is 16.4. The lowest BCUT2D eigenvalue weighted by Crippen LogP contribution is -2.53. The molecule has 5 rings (SSSR count). The Morgan fingerprint density at radius 3 is 2.50 bits per heavy atom. The van der Waals surface area contributed by atoms with E-state index in [4.69, 9.17) is 0 Å². The van der Waals surface area contributed by atoms with Crippen molar-refractivity contribution in [3.05, 3.63) is 66.6 Å². The highest BCUT2D eigenvalue weighted by Gasteiger charge is 2.36. The molecular formula is C25H27FN4O3S. The summed E-state index contributed by atoms with van der Waals surface area (Å²) < 4.78 is 42.5. The number of aromatic nitrogens is 1. The number of rotatable bonds is 4. The largest absolute Gasteiger partial charge is 0.366 e. The number of pyridine rings is 1. The van der Waals surface area contributed by atoms with Crippen molar-refractivity contribution in [2.45, 2.75) is 17.7 Å². The summed E-state index contributed by atoms with van der Waals surface area (Å²) in [5.41, 5.74) is 0.996. The van der Waals surface area contributed by atoms with E-state index in [-0.39, 0.29) is 29.1 Å². The van der Waals surface area contributed by atoms with Crippen LogP contribution in [0.1, 0.15) is 12.8 Å². The van der Waals surface area contributed by atoms with Crippen LogP contribution in [-0.2, 0) is 14.8 Å². The third kappa shape index (κ3) is 4.25. The predicted octanol–water partition coefficient (Wildman–Crippen LogP) is 3.12. The summed E-state index contributed by atoms with van der Waals surface area (Å²) in [7, 11) is -3.79. The van der Waals surface area contributed by atoms with E-state index >= 15 is 0 Å². The van der Waals surface area contributed by atoms with Gasteiger partial charge in [0.05, 0.1) is 17.1 Å². The molecule has 2 aliphatic heterocycles. The van der Waals surface area contributed by atoms with E-state index in [2.05, 4.69) is 4.98 Å². The van der Waals surface area contributed by atoms with Crippen LogP contribution in [0.3, 0.4) is 0 Å². The minimum Gasteiger partial charge on any atom is -0.366 e. The molecule has 0 aliphatic carbocycles. The maximum absolute atomic E-state index is 14.1. The maximum Gasteiger partial charge on any atom is 0.245 e. The number of halogens is 1. The molecule has 0 unspecified atom stereocenters. The summed E-state index contributed by atoms with van der Waals surface area (Å²) in [5.74, 6) is -0.672. The molecule has 1 amide bonds. The van der Waals surface area contributed by atoms with Crippen LogP contribution in [-0.4, -0.2) is 67.8 Å². The zero-order chi connectivity index (χ0) is 23.7. The van der Waals surface area contributed by atoms with Gasteiger partial charge >= 0.3 is 0 Å². The molecule has 0 saturated carbocycles. The van der Waals surface area contributed by atoms with Crippen LogP contribution in [0.2, 0.25) is 0 Å². The lowest BCUT2D eigenvalue weighted by atomic mass is 9.97. The molecule has 2 saturated heterocycles. The van der Waals surface area contributed by atoms with Crippen molar-refractivity contribution in [1.82, 2.24) is 14.2 Å². The Balaban J connectivity index is 1.28. The number of fused-ring (bicyclic) bond motifs is 1. The molecule has 3 heterocycles. The van der Waals surface area contributed by atoms with Crippen LogP contribution in [0, 0.1) is 11.7 Å². The molecule has 0 bridgehead atoms. The summed E-state index contributed by atoms with van der Waals surface area (Å²) in [6.45, 7) is 2.62. The van der Waals surface area contributed by atoms with Gasteiger partial charge in [0.25, 0.3) is 0 Å². The monoisotopic (exact) mass is 482 g/mol. The first kappa shape index (κ1) is 22.7.